The number of hydrogen-bond donors (Lipinski definition) is 1. The third-order valence-corrected chi connectivity index (χ3v) is 5.55. The molecule has 2 aliphatic rings. The molecule has 1 fully saturated rings. The maximum atomic E-state index is 12.8. The summed E-state index contributed by atoms with van der Waals surface area (Å²) in [7, 11) is 0. The molecule has 29 heavy (non-hydrogen) atoms. The maximum Gasteiger partial charge on any atom is 0.273 e. The zero-order valence-electron chi connectivity index (χ0n) is 18.2. The Kier molecular flexibility index (Phi) is 4.99. The second-order valence-electron chi connectivity index (χ2n) is 7.33. The number of benzene rings is 1. The number of likely N-dealkylation sites (tertiary alicyclic amines) is 1. The van der Waals surface area contributed by atoms with Crippen LogP contribution in [0.15, 0.2) is 42.6 Å². The number of rotatable bonds is 5. The molecule has 0 radical (unpaired) electrons. The van der Waals surface area contributed by atoms with Crippen molar-refractivity contribution in [3.8, 4) is 0 Å². The Morgan fingerprint density at radius 3 is 2.90 bits per heavy atom. The van der Waals surface area contributed by atoms with Crippen LogP contribution in [0.1, 0.15) is 38.4 Å². The smallest absolute Gasteiger partial charge is 0.273 e. The van der Waals surface area contributed by atoms with Crippen LogP contribution in [0, 0.1) is 0 Å². The molecule has 3 heterocycles. The fourth-order valence-corrected chi connectivity index (χ4v) is 3.74. The van der Waals surface area contributed by atoms with Crippen LogP contribution in [-0.4, -0.2) is 57.3 Å². The quantitative estimate of drug-likeness (QED) is 0.762. The highest BCUT2D eigenvalue weighted by molar-refractivity contribution is 6.33. The molecule has 1 saturated heterocycles. The summed E-state index contributed by atoms with van der Waals surface area (Å²) in [5.41, 5.74) is 0.897. The van der Waals surface area contributed by atoms with E-state index < -0.39 is 5.91 Å². The first-order valence-corrected chi connectivity index (χ1v) is 10.0. The Labute approximate surface area is 177 Å². The Morgan fingerprint density at radius 1 is 1.38 bits per heavy atom. The average Bonchev–Trinajstić information content (AvgIpc) is 3.16. The molecule has 0 saturated carbocycles. The molecule has 152 valence electrons. The number of imidazole rings is 1. The van der Waals surface area contributed by atoms with E-state index in [9.17, 15) is 9.59 Å². The Bertz CT molecular complexity index is 1050. The van der Waals surface area contributed by atoms with Crippen molar-refractivity contribution >= 4 is 29.1 Å². The van der Waals surface area contributed by atoms with E-state index in [2.05, 4.69) is 10.3 Å². The first-order chi connectivity index (χ1) is 14.8. The van der Waals surface area contributed by atoms with E-state index in [-0.39, 0.29) is 30.6 Å². The number of nitrogens with one attached hydrogen (secondary N) is 1. The zero-order valence-corrected chi connectivity index (χ0v) is 16.9. The zero-order chi connectivity index (χ0) is 22.1. The number of para-hydroxylation sites is 1. The van der Waals surface area contributed by atoms with Crippen LogP contribution in [0.4, 0.5) is 5.69 Å². The van der Waals surface area contributed by atoms with Crippen LogP contribution in [0.5, 0.6) is 0 Å². The van der Waals surface area contributed by atoms with Crippen molar-refractivity contribution in [1.82, 2.24) is 19.4 Å². The van der Waals surface area contributed by atoms with E-state index in [0.717, 1.165) is 19.5 Å². The van der Waals surface area contributed by atoms with Gasteiger partial charge in [0.25, 0.3) is 5.91 Å². The van der Waals surface area contributed by atoms with Crippen molar-refractivity contribution in [2.75, 3.05) is 31.5 Å². The van der Waals surface area contributed by atoms with Crippen molar-refractivity contribution in [1.29, 1.82) is 0 Å². The lowest BCUT2D eigenvalue weighted by molar-refractivity contribution is -0.128. The number of amides is 2. The molecule has 2 aromatic rings. The van der Waals surface area contributed by atoms with Crippen LogP contribution in [0.25, 0.3) is 0 Å². The monoisotopic (exact) mass is 415 g/mol. The number of carbonyl (C=O) groups excluding carboxylic acids is 2. The van der Waals surface area contributed by atoms with Gasteiger partial charge in [0, 0.05) is 19.1 Å². The second-order valence-corrected chi connectivity index (χ2v) is 7.74. The standard InChI is InChI=1S/C21H24ClN5O2/c1-15-13-26(20(28)8-4-9-25-10-5-11-25)14-19-23-12-18(27(15)19)21(29)24-17-7-3-2-6-16(17)22/h2-4,6-8,12,15H,5,9-11,13-14H2,1H3,(H,24,29)/b8-4+/t15-/m0/s1/i4D,8D. The molecule has 2 aliphatic heterocycles. The molecule has 0 aliphatic carbocycles. The van der Waals surface area contributed by atoms with Crippen LogP contribution < -0.4 is 5.32 Å². The van der Waals surface area contributed by atoms with Gasteiger partial charge >= 0.3 is 0 Å². The number of hydrogen-bond acceptors (Lipinski definition) is 4. The van der Waals surface area contributed by atoms with Crippen molar-refractivity contribution in [3.63, 3.8) is 0 Å². The summed E-state index contributed by atoms with van der Waals surface area (Å²) >= 11 is 6.13. The summed E-state index contributed by atoms with van der Waals surface area (Å²) in [6.07, 6.45) is 2.58. The van der Waals surface area contributed by atoms with Gasteiger partial charge in [0.2, 0.25) is 5.91 Å². The van der Waals surface area contributed by atoms with E-state index in [1.54, 1.807) is 24.3 Å². The summed E-state index contributed by atoms with van der Waals surface area (Å²) in [6, 6.07) is 6.53. The summed E-state index contributed by atoms with van der Waals surface area (Å²) in [5.74, 6) is -0.241. The van der Waals surface area contributed by atoms with E-state index in [0.29, 0.717) is 35.3 Å². The van der Waals surface area contributed by atoms with Crippen LogP contribution in [-0.2, 0) is 11.3 Å². The molecule has 0 bridgehead atoms. The highest BCUT2D eigenvalue weighted by Gasteiger charge is 2.29. The van der Waals surface area contributed by atoms with Gasteiger partial charge in [-0.25, -0.2) is 4.98 Å². The van der Waals surface area contributed by atoms with Gasteiger partial charge in [-0.15, -0.1) is 0 Å². The van der Waals surface area contributed by atoms with E-state index in [1.165, 1.54) is 11.1 Å². The van der Waals surface area contributed by atoms with Crippen molar-refractivity contribution in [2.45, 2.75) is 25.9 Å². The Balaban J connectivity index is 1.49. The third-order valence-electron chi connectivity index (χ3n) is 5.22. The van der Waals surface area contributed by atoms with Gasteiger partial charge in [-0.2, -0.15) is 0 Å². The highest BCUT2D eigenvalue weighted by Crippen LogP contribution is 2.25. The van der Waals surface area contributed by atoms with Crippen LogP contribution in [0.2, 0.25) is 5.02 Å². The number of halogens is 1. The Hall–Kier alpha value is -2.64. The van der Waals surface area contributed by atoms with Crippen LogP contribution in [0.3, 0.4) is 0 Å². The van der Waals surface area contributed by atoms with Gasteiger partial charge in [-0.3, -0.25) is 14.5 Å². The average molecular weight is 416 g/mol. The minimum absolute atomic E-state index is 0.0334. The number of aromatic nitrogens is 2. The predicted octanol–water partition coefficient (Wildman–Crippen LogP) is 2.95. The topological polar surface area (TPSA) is 70.5 Å². The number of anilines is 1. The van der Waals surface area contributed by atoms with Gasteiger partial charge in [-0.1, -0.05) is 29.8 Å². The van der Waals surface area contributed by atoms with Gasteiger partial charge in [0.15, 0.2) is 0 Å². The normalized spacial score (nSPS) is 20.8. The first kappa shape index (κ1) is 17.2. The third kappa shape index (κ3) is 4.21. The molecule has 1 atom stereocenters. The number of fused-ring (bicyclic) bond motifs is 1. The molecule has 1 aromatic carbocycles. The molecule has 4 rings (SSSR count). The van der Waals surface area contributed by atoms with E-state index in [4.69, 9.17) is 14.3 Å². The SMILES string of the molecule is [2H]/C(CN1CCC1)=C(/[2H])C(=O)N1Cc2ncc(C(=O)Nc3ccccc3Cl)n2[C@@H](C)C1. The lowest BCUT2D eigenvalue weighted by Crippen LogP contribution is -2.41. The van der Waals surface area contributed by atoms with E-state index >= 15 is 0 Å². The molecule has 0 spiro atoms. The largest absolute Gasteiger partial charge is 0.330 e. The second kappa shape index (κ2) is 8.39. The first-order valence-electron chi connectivity index (χ1n) is 10.6. The molecule has 2 amide bonds. The van der Waals surface area contributed by atoms with Crippen molar-refractivity contribution in [3.05, 3.63) is 59.1 Å². The number of carbonyl (C=O) groups is 2. The number of nitrogens with zero attached hydrogens (tertiary/aromatic N) is 4. The highest BCUT2D eigenvalue weighted by atomic mass is 35.5. The molecule has 1 aromatic heterocycles. The molecule has 0 unspecified atom stereocenters. The maximum absolute atomic E-state index is 12.8. The lowest BCUT2D eigenvalue weighted by Gasteiger charge is -2.33. The van der Waals surface area contributed by atoms with E-state index in [1.807, 2.05) is 16.4 Å². The van der Waals surface area contributed by atoms with Gasteiger partial charge in [0.05, 0.1) is 32.2 Å². The van der Waals surface area contributed by atoms with Gasteiger partial charge < -0.3 is 14.8 Å². The summed E-state index contributed by atoms with van der Waals surface area (Å²) in [6.45, 7) is 4.54. The minimum Gasteiger partial charge on any atom is -0.330 e. The summed E-state index contributed by atoms with van der Waals surface area (Å²) in [5, 5.41) is 3.24. The molecular formula is C21H24ClN5O2. The van der Waals surface area contributed by atoms with Gasteiger partial charge in [-0.05, 0) is 38.6 Å². The van der Waals surface area contributed by atoms with Crippen molar-refractivity contribution in [2.24, 2.45) is 0 Å². The van der Waals surface area contributed by atoms with Crippen molar-refractivity contribution < 1.29 is 12.3 Å². The Morgan fingerprint density at radius 2 is 2.17 bits per heavy atom. The summed E-state index contributed by atoms with van der Waals surface area (Å²) in [4.78, 5) is 33.5. The fourth-order valence-electron chi connectivity index (χ4n) is 3.56. The fraction of sp³-hybridized carbons (Fsp3) is 0.381. The van der Waals surface area contributed by atoms with Crippen LogP contribution >= 0.6 is 11.6 Å². The molecule has 8 heteroatoms. The predicted molar refractivity (Wildman–Crippen MR) is 112 cm³/mol. The molecule has 1 N–H and O–H groups in total. The van der Waals surface area contributed by atoms with Gasteiger partial charge in [0.1, 0.15) is 11.5 Å². The molecular weight excluding hydrogens is 390 g/mol. The minimum atomic E-state index is -0.478. The summed E-state index contributed by atoms with van der Waals surface area (Å²) < 4.78 is 18.1. The lowest BCUT2D eigenvalue weighted by atomic mass is 10.2. The molecule has 7 nitrogen and oxygen atoms in total.